The minimum Gasteiger partial charge on any atom is -0.478 e. The number of rotatable bonds is 8. The summed E-state index contributed by atoms with van der Waals surface area (Å²) < 4.78 is 0. The van der Waals surface area contributed by atoms with E-state index in [-0.39, 0.29) is 18.6 Å². The van der Waals surface area contributed by atoms with E-state index in [2.05, 4.69) is 41.5 Å². The Bertz CT molecular complexity index is 995. The molecule has 0 radical (unpaired) electrons. The minimum atomic E-state index is -0.879. The molecule has 2 aromatic rings. The second-order valence-electron chi connectivity index (χ2n) is 13.8. The molecule has 0 saturated heterocycles. The van der Waals surface area contributed by atoms with Crippen LogP contribution in [0.3, 0.4) is 0 Å². The molecule has 4 N–H and O–H groups in total. The summed E-state index contributed by atoms with van der Waals surface area (Å²) in [6, 6.07) is 16.6. The molecule has 2 aromatic carbocycles. The molecule has 6 nitrogen and oxygen atoms in total. The molecule has 2 aliphatic rings. The van der Waals surface area contributed by atoms with Crippen LogP contribution < -0.4 is 0 Å². The summed E-state index contributed by atoms with van der Waals surface area (Å²) in [5, 5.41) is 38.2. The third-order valence-corrected chi connectivity index (χ3v) is 10.2. The smallest absolute Gasteiger partial charge is 0.335 e. The topological polar surface area (TPSA) is 115 Å². The molecule has 2 saturated carbocycles. The second kappa shape index (κ2) is 17.6. The number of aliphatic hydroxyl groups excluding tert-OH is 2. The van der Waals surface area contributed by atoms with Gasteiger partial charge in [0.25, 0.3) is 0 Å². The largest absolute Gasteiger partial charge is 0.478 e. The van der Waals surface area contributed by atoms with E-state index in [9.17, 15) is 19.8 Å². The van der Waals surface area contributed by atoms with Gasteiger partial charge in [0.05, 0.1) is 24.3 Å². The van der Waals surface area contributed by atoms with E-state index >= 15 is 0 Å². The summed E-state index contributed by atoms with van der Waals surface area (Å²) in [5.41, 5.74) is 0.364. The van der Waals surface area contributed by atoms with E-state index in [1.165, 1.54) is 38.5 Å². The van der Waals surface area contributed by atoms with Gasteiger partial charge in [0.15, 0.2) is 0 Å². The molecular formula is C37H56O6. The average molecular weight is 597 g/mol. The van der Waals surface area contributed by atoms with Crippen molar-refractivity contribution in [2.24, 2.45) is 52.8 Å². The number of aromatic carboxylic acids is 2. The molecule has 6 atom stereocenters. The number of hydrogen-bond donors (Lipinski definition) is 4. The molecule has 6 unspecified atom stereocenters. The molecular weight excluding hydrogens is 540 g/mol. The number of benzene rings is 2. The molecule has 0 amide bonds. The Balaban J connectivity index is 0.000000289. The maximum absolute atomic E-state index is 10.7. The van der Waals surface area contributed by atoms with Crippen molar-refractivity contribution >= 4 is 11.9 Å². The van der Waals surface area contributed by atoms with Gasteiger partial charge in [-0.2, -0.15) is 0 Å². The predicted octanol–water partition coefficient (Wildman–Crippen LogP) is 8.14. The van der Waals surface area contributed by atoms with E-state index < -0.39 is 11.9 Å². The number of carbonyl (C=O) groups is 2. The first-order valence-corrected chi connectivity index (χ1v) is 16.2. The minimum absolute atomic E-state index is 0.157. The Labute approximate surface area is 259 Å². The SMILES string of the molecule is CC1CCC(C(C)C)C(C(CO)(CO)C2CC(C)CCC2C(C)C)C1.O=C(O)c1ccccc1.O=C(O)c1ccccc1. The van der Waals surface area contributed by atoms with Crippen LogP contribution in [-0.2, 0) is 0 Å². The molecule has 240 valence electrons. The van der Waals surface area contributed by atoms with Crippen LogP contribution in [0.4, 0.5) is 0 Å². The molecule has 4 rings (SSSR count). The van der Waals surface area contributed by atoms with Crippen molar-refractivity contribution in [3.05, 3.63) is 71.8 Å². The fraction of sp³-hybridized carbons (Fsp3) is 0.622. The van der Waals surface area contributed by atoms with Crippen LogP contribution in [0, 0.1) is 52.8 Å². The molecule has 0 aromatic heterocycles. The lowest BCUT2D eigenvalue weighted by Gasteiger charge is -2.55. The van der Waals surface area contributed by atoms with Gasteiger partial charge in [0.2, 0.25) is 0 Å². The summed E-state index contributed by atoms with van der Waals surface area (Å²) in [6.07, 6.45) is 7.50. The van der Waals surface area contributed by atoms with E-state index in [4.69, 9.17) is 10.2 Å². The average Bonchev–Trinajstić information content (AvgIpc) is 2.99. The first-order valence-electron chi connectivity index (χ1n) is 16.2. The van der Waals surface area contributed by atoms with Crippen molar-refractivity contribution in [2.45, 2.75) is 80.1 Å². The van der Waals surface area contributed by atoms with Crippen LogP contribution in [0.2, 0.25) is 0 Å². The highest BCUT2D eigenvalue weighted by Crippen LogP contribution is 2.56. The maximum Gasteiger partial charge on any atom is 0.335 e. The van der Waals surface area contributed by atoms with E-state index in [1.54, 1.807) is 60.7 Å². The van der Waals surface area contributed by atoms with Crippen molar-refractivity contribution < 1.29 is 30.0 Å². The van der Waals surface area contributed by atoms with Gasteiger partial charge >= 0.3 is 11.9 Å². The van der Waals surface area contributed by atoms with Crippen LogP contribution in [-0.4, -0.2) is 45.6 Å². The van der Waals surface area contributed by atoms with E-state index in [0.29, 0.717) is 46.6 Å². The Kier molecular flexibility index (Phi) is 14.9. The Hall–Kier alpha value is -2.70. The van der Waals surface area contributed by atoms with Crippen LogP contribution in [0.25, 0.3) is 0 Å². The number of aliphatic hydroxyl groups is 2. The summed E-state index contributed by atoms with van der Waals surface area (Å²) in [4.78, 5) is 20.4. The number of carboxylic acid groups (broad SMARTS) is 2. The van der Waals surface area contributed by atoms with Crippen molar-refractivity contribution in [1.29, 1.82) is 0 Å². The summed E-state index contributed by atoms with van der Waals surface area (Å²) in [6.45, 7) is 14.4. The molecule has 43 heavy (non-hydrogen) atoms. The lowest BCUT2D eigenvalue weighted by Crippen LogP contribution is -2.54. The Morgan fingerprint density at radius 1 is 0.651 bits per heavy atom. The van der Waals surface area contributed by atoms with Gasteiger partial charge in [-0.3, -0.25) is 0 Å². The lowest BCUT2D eigenvalue weighted by atomic mass is 9.50. The maximum atomic E-state index is 10.7. The third-order valence-electron chi connectivity index (χ3n) is 10.2. The molecule has 2 fully saturated rings. The fourth-order valence-corrected chi connectivity index (χ4v) is 7.68. The van der Waals surface area contributed by atoms with Gasteiger partial charge in [0.1, 0.15) is 0 Å². The lowest BCUT2D eigenvalue weighted by molar-refractivity contribution is -0.126. The van der Waals surface area contributed by atoms with Gasteiger partial charge in [0, 0.05) is 5.41 Å². The van der Waals surface area contributed by atoms with Crippen molar-refractivity contribution in [3.63, 3.8) is 0 Å². The molecule has 0 bridgehead atoms. The van der Waals surface area contributed by atoms with Gasteiger partial charge in [-0.25, -0.2) is 9.59 Å². The fourth-order valence-electron chi connectivity index (χ4n) is 7.68. The second-order valence-corrected chi connectivity index (χ2v) is 13.8. The van der Waals surface area contributed by atoms with Crippen LogP contribution in [0.5, 0.6) is 0 Å². The first kappa shape index (κ1) is 36.5. The number of carboxylic acids is 2. The quantitative estimate of drug-likeness (QED) is 0.244. The van der Waals surface area contributed by atoms with Crippen molar-refractivity contribution in [2.75, 3.05) is 13.2 Å². The van der Waals surface area contributed by atoms with Gasteiger partial charge < -0.3 is 20.4 Å². The summed E-state index contributed by atoms with van der Waals surface area (Å²) in [7, 11) is 0. The predicted molar refractivity (Wildman–Crippen MR) is 173 cm³/mol. The molecule has 2 aliphatic carbocycles. The van der Waals surface area contributed by atoms with E-state index in [0.717, 1.165) is 11.8 Å². The van der Waals surface area contributed by atoms with Gasteiger partial charge in [-0.05, 0) is 97.3 Å². The highest BCUT2D eigenvalue weighted by molar-refractivity contribution is 5.87. The van der Waals surface area contributed by atoms with E-state index in [1.807, 2.05) is 0 Å². The monoisotopic (exact) mass is 596 g/mol. The Morgan fingerprint density at radius 2 is 0.977 bits per heavy atom. The standard InChI is InChI=1S/C23H44O2.2C7H6O2/c1-15(2)19-9-7-17(5)11-21(19)23(13-24,14-25)22-12-18(6)8-10-20(22)16(3)4;2*8-7(9)6-4-2-1-3-5-6/h15-22,24-25H,7-14H2,1-6H3;2*1-5H,(H,8,9). The first-order chi connectivity index (χ1) is 20.4. The summed E-state index contributed by atoms with van der Waals surface area (Å²) in [5.74, 6) is 3.15. The van der Waals surface area contributed by atoms with Crippen LogP contribution in [0.1, 0.15) is 101 Å². The molecule has 0 aliphatic heterocycles. The zero-order valence-electron chi connectivity index (χ0n) is 27.2. The number of hydrogen-bond acceptors (Lipinski definition) is 4. The Morgan fingerprint density at radius 3 is 1.21 bits per heavy atom. The summed E-state index contributed by atoms with van der Waals surface area (Å²) >= 11 is 0. The van der Waals surface area contributed by atoms with Gasteiger partial charge in [-0.1, -0.05) is 90.8 Å². The zero-order valence-corrected chi connectivity index (χ0v) is 27.2. The third kappa shape index (κ3) is 10.2. The highest BCUT2D eigenvalue weighted by Gasteiger charge is 2.53. The van der Waals surface area contributed by atoms with Crippen LogP contribution >= 0.6 is 0 Å². The van der Waals surface area contributed by atoms with Crippen molar-refractivity contribution in [3.8, 4) is 0 Å². The van der Waals surface area contributed by atoms with Crippen LogP contribution in [0.15, 0.2) is 60.7 Å². The van der Waals surface area contributed by atoms with Crippen molar-refractivity contribution in [1.82, 2.24) is 0 Å². The molecule has 0 spiro atoms. The normalized spacial score (nSPS) is 25.6. The molecule has 0 heterocycles. The highest BCUT2D eigenvalue weighted by atomic mass is 16.4. The van der Waals surface area contributed by atoms with Gasteiger partial charge in [-0.15, -0.1) is 0 Å². The zero-order chi connectivity index (χ0) is 32.2. The molecule has 6 heteroatoms.